The molecule has 0 aliphatic heterocycles. The zero-order valence-electron chi connectivity index (χ0n) is 31.8. The first kappa shape index (κ1) is 38.7. The van der Waals surface area contributed by atoms with Crippen LogP contribution in [0.4, 0.5) is 5.69 Å². The fourth-order valence-electron chi connectivity index (χ4n) is 8.53. The summed E-state index contributed by atoms with van der Waals surface area (Å²) < 4.78 is 5.63. The van der Waals surface area contributed by atoms with Gasteiger partial charge in [0.15, 0.2) is 17.4 Å². The highest BCUT2D eigenvalue weighted by Crippen LogP contribution is 2.39. The predicted molar refractivity (Wildman–Crippen MR) is 206 cm³/mol. The molecule has 3 unspecified atom stereocenters. The molecule has 2 saturated carbocycles. The first-order valence-electron chi connectivity index (χ1n) is 20.2. The monoisotopic (exact) mass is 694 g/mol. The number of unbranched alkanes of at least 4 members (excludes halogenated alkanes) is 2. The number of hydrogen-bond donors (Lipinski definition) is 1. The summed E-state index contributed by atoms with van der Waals surface area (Å²) in [5.74, 6) is 3.63. The van der Waals surface area contributed by atoms with Gasteiger partial charge in [-0.15, -0.1) is 0 Å². The predicted octanol–water partition coefficient (Wildman–Crippen LogP) is 11.6. The summed E-state index contributed by atoms with van der Waals surface area (Å²) in [4.78, 5) is 43.0. The standard InChI is InChI=1S/C45H62N2O4/c1-5-31(2)45-47-42(30-51-45)44(50)46-41-29-39(43(49)20-8-6-7-14-34-15-11-19-40(48)28-34)26-25-38(41)24-22-35-21-23-37(33(4)27-35)18-12-17-36-16-10-9-13-32(36)3/h9-10,13,16,25-26,29-31,33-35,37H,5-8,11-12,14-15,17-24,27-28H2,1-4H3,(H,46,50)/t31?,33-,34?,35?,37-/m0/s1. The van der Waals surface area contributed by atoms with Crippen LogP contribution in [0.25, 0.3) is 0 Å². The Balaban J connectivity index is 1.16. The lowest BCUT2D eigenvalue weighted by Gasteiger charge is -2.34. The third-order valence-corrected chi connectivity index (χ3v) is 12.1. The van der Waals surface area contributed by atoms with Gasteiger partial charge in [0.05, 0.1) is 0 Å². The molecule has 5 rings (SSSR count). The molecule has 1 amide bonds. The number of nitrogens with one attached hydrogen (secondary N) is 1. The maximum Gasteiger partial charge on any atom is 0.277 e. The molecule has 5 atom stereocenters. The van der Waals surface area contributed by atoms with Crippen molar-refractivity contribution < 1.29 is 18.8 Å². The van der Waals surface area contributed by atoms with E-state index in [1.165, 1.54) is 55.9 Å². The van der Waals surface area contributed by atoms with E-state index in [0.29, 0.717) is 41.2 Å². The summed E-state index contributed by atoms with van der Waals surface area (Å²) in [5.41, 5.74) is 5.58. The van der Waals surface area contributed by atoms with E-state index in [4.69, 9.17) is 4.42 Å². The number of hydrogen-bond acceptors (Lipinski definition) is 5. The number of aromatic nitrogens is 1. The third kappa shape index (κ3) is 11.5. The van der Waals surface area contributed by atoms with Crippen molar-refractivity contribution >= 4 is 23.2 Å². The van der Waals surface area contributed by atoms with E-state index in [0.717, 1.165) is 88.0 Å². The van der Waals surface area contributed by atoms with Crippen LogP contribution in [0, 0.1) is 30.6 Å². The van der Waals surface area contributed by atoms with Crippen LogP contribution < -0.4 is 5.32 Å². The Morgan fingerprint density at radius 1 is 0.941 bits per heavy atom. The Hall–Kier alpha value is -3.54. The van der Waals surface area contributed by atoms with Crippen LogP contribution in [-0.2, 0) is 17.6 Å². The normalized spacial score (nSPS) is 21.4. The highest BCUT2D eigenvalue weighted by molar-refractivity contribution is 6.04. The van der Waals surface area contributed by atoms with Crippen LogP contribution >= 0.6 is 0 Å². The number of rotatable bonds is 18. The fourth-order valence-corrected chi connectivity index (χ4v) is 8.53. The average molecular weight is 695 g/mol. The second-order valence-electron chi connectivity index (χ2n) is 16.0. The Bertz CT molecular complexity index is 1590. The largest absolute Gasteiger partial charge is 0.448 e. The summed E-state index contributed by atoms with van der Waals surface area (Å²) in [6.45, 7) is 8.77. The zero-order chi connectivity index (χ0) is 36.2. The molecule has 1 aromatic heterocycles. The number of ketones is 2. The van der Waals surface area contributed by atoms with Crippen LogP contribution in [-0.4, -0.2) is 22.5 Å². The number of benzene rings is 2. The quantitative estimate of drug-likeness (QED) is 0.106. The fraction of sp³-hybridized carbons (Fsp3) is 0.600. The van der Waals surface area contributed by atoms with Gasteiger partial charge in [0.25, 0.3) is 5.91 Å². The molecule has 51 heavy (non-hydrogen) atoms. The molecule has 2 fully saturated rings. The van der Waals surface area contributed by atoms with E-state index < -0.39 is 0 Å². The molecular weight excluding hydrogens is 633 g/mol. The number of Topliss-reactive ketones (excluding diaryl/α,β-unsaturated/α-hetero) is 2. The van der Waals surface area contributed by atoms with E-state index in [1.807, 2.05) is 19.1 Å². The smallest absolute Gasteiger partial charge is 0.277 e. The molecule has 2 aromatic carbocycles. The molecule has 1 heterocycles. The van der Waals surface area contributed by atoms with Gasteiger partial charge in [-0.25, -0.2) is 4.98 Å². The lowest BCUT2D eigenvalue weighted by Crippen LogP contribution is -2.23. The SMILES string of the molecule is CCC(C)c1nc(C(=O)Nc2cc(C(=O)CCCCCC3CCCC(=O)C3)ccc2CCC2CC[C@H](CCCc3ccccc3C)[C@@H](C)C2)co1. The summed E-state index contributed by atoms with van der Waals surface area (Å²) in [5, 5.41) is 3.11. The van der Waals surface area contributed by atoms with Crippen molar-refractivity contribution in [2.45, 2.75) is 149 Å². The van der Waals surface area contributed by atoms with Crippen molar-refractivity contribution in [3.8, 4) is 0 Å². The molecule has 276 valence electrons. The van der Waals surface area contributed by atoms with Crippen LogP contribution in [0.3, 0.4) is 0 Å². The molecule has 0 radical (unpaired) electrons. The molecule has 2 aliphatic rings. The molecule has 6 heteroatoms. The minimum atomic E-state index is -0.305. The van der Waals surface area contributed by atoms with Crippen molar-refractivity contribution in [3.05, 3.63) is 82.6 Å². The molecule has 0 bridgehead atoms. The minimum Gasteiger partial charge on any atom is -0.448 e. The van der Waals surface area contributed by atoms with Crippen molar-refractivity contribution in [1.29, 1.82) is 0 Å². The van der Waals surface area contributed by atoms with Crippen molar-refractivity contribution in [3.63, 3.8) is 0 Å². The van der Waals surface area contributed by atoms with Crippen LogP contribution in [0.2, 0.25) is 0 Å². The maximum atomic E-state index is 13.4. The molecule has 1 N–H and O–H groups in total. The van der Waals surface area contributed by atoms with E-state index >= 15 is 0 Å². The average Bonchev–Trinajstić information content (AvgIpc) is 3.63. The summed E-state index contributed by atoms with van der Waals surface area (Å²) in [7, 11) is 0. The van der Waals surface area contributed by atoms with Gasteiger partial charge in [-0.2, -0.15) is 0 Å². The van der Waals surface area contributed by atoms with Gasteiger partial charge in [0.2, 0.25) is 0 Å². The number of nitrogens with zero attached hydrogens (tertiary/aromatic N) is 1. The highest BCUT2D eigenvalue weighted by atomic mass is 16.3. The zero-order valence-corrected chi connectivity index (χ0v) is 31.8. The van der Waals surface area contributed by atoms with Crippen LogP contribution in [0.1, 0.15) is 173 Å². The molecular formula is C45H62N2O4. The van der Waals surface area contributed by atoms with Gasteiger partial charge in [0, 0.05) is 36.4 Å². The van der Waals surface area contributed by atoms with Crippen LogP contribution in [0.15, 0.2) is 53.1 Å². The topological polar surface area (TPSA) is 89.3 Å². The number of anilines is 1. The Kier molecular flexibility index (Phi) is 14.7. The highest BCUT2D eigenvalue weighted by Gasteiger charge is 2.28. The first-order valence-corrected chi connectivity index (χ1v) is 20.2. The maximum absolute atomic E-state index is 13.4. The number of aryl methyl sites for hydroxylation is 3. The first-order chi connectivity index (χ1) is 24.7. The van der Waals surface area contributed by atoms with Crippen molar-refractivity contribution in [1.82, 2.24) is 4.98 Å². The Labute approximate surface area is 307 Å². The number of carbonyl (C=O) groups is 3. The van der Waals surface area contributed by atoms with Gasteiger partial charge < -0.3 is 9.73 Å². The van der Waals surface area contributed by atoms with E-state index in [-0.39, 0.29) is 23.3 Å². The van der Waals surface area contributed by atoms with E-state index in [2.05, 4.69) is 61.4 Å². The molecule has 3 aromatic rings. The molecule has 0 spiro atoms. The molecule has 6 nitrogen and oxygen atoms in total. The Morgan fingerprint density at radius 3 is 2.57 bits per heavy atom. The van der Waals surface area contributed by atoms with Crippen molar-refractivity contribution in [2.75, 3.05) is 5.32 Å². The summed E-state index contributed by atoms with van der Waals surface area (Å²) >= 11 is 0. The lowest BCUT2D eigenvalue weighted by molar-refractivity contribution is -0.121. The lowest BCUT2D eigenvalue weighted by atomic mass is 9.71. The van der Waals surface area contributed by atoms with Gasteiger partial charge >= 0.3 is 0 Å². The van der Waals surface area contributed by atoms with Gasteiger partial charge in [0.1, 0.15) is 12.0 Å². The second-order valence-corrected chi connectivity index (χ2v) is 16.0. The van der Waals surface area contributed by atoms with Gasteiger partial charge in [-0.3, -0.25) is 14.4 Å². The number of carbonyl (C=O) groups excluding carboxylic acids is 3. The summed E-state index contributed by atoms with van der Waals surface area (Å²) in [6.07, 6.45) is 19.9. The van der Waals surface area contributed by atoms with Gasteiger partial charge in [-0.05, 0) is 124 Å². The number of oxazole rings is 1. The molecule has 2 aliphatic carbocycles. The molecule has 0 saturated heterocycles. The van der Waals surface area contributed by atoms with Crippen LogP contribution in [0.5, 0.6) is 0 Å². The van der Waals surface area contributed by atoms with E-state index in [1.54, 1.807) is 0 Å². The second kappa shape index (κ2) is 19.3. The Morgan fingerprint density at radius 2 is 1.78 bits per heavy atom. The van der Waals surface area contributed by atoms with E-state index in [9.17, 15) is 14.4 Å². The third-order valence-electron chi connectivity index (χ3n) is 12.1. The van der Waals surface area contributed by atoms with Crippen molar-refractivity contribution in [2.24, 2.45) is 23.7 Å². The minimum absolute atomic E-state index is 0.111. The van der Waals surface area contributed by atoms with Gasteiger partial charge in [-0.1, -0.05) is 82.9 Å². The number of amides is 1. The summed E-state index contributed by atoms with van der Waals surface area (Å²) in [6, 6.07) is 14.7.